The van der Waals surface area contributed by atoms with Crippen LogP contribution in [0.3, 0.4) is 0 Å². The van der Waals surface area contributed by atoms with E-state index >= 15 is 4.39 Å². The molecule has 6 N–H and O–H groups in total. The molecule has 0 aliphatic carbocycles. The van der Waals surface area contributed by atoms with Crippen molar-refractivity contribution >= 4 is 40.2 Å². The summed E-state index contributed by atoms with van der Waals surface area (Å²) in [4.78, 5) is 48.9. The van der Waals surface area contributed by atoms with Gasteiger partial charge in [0.05, 0.1) is 6.61 Å². The highest BCUT2D eigenvalue weighted by Gasteiger charge is 2.57. The van der Waals surface area contributed by atoms with Crippen LogP contribution in [0.1, 0.15) is 6.92 Å². The fraction of sp³-hybridized carbons (Fsp3) is 0.545. The highest BCUT2D eigenvalue weighted by atomic mass is 32.5. The van der Waals surface area contributed by atoms with Gasteiger partial charge in [0.2, 0.25) is 0 Å². The van der Waals surface area contributed by atoms with Crippen LogP contribution >= 0.6 is 22.4 Å². The van der Waals surface area contributed by atoms with E-state index in [0.29, 0.717) is 0 Å². The molecule has 0 radical (unpaired) electrons. The fourth-order valence-electron chi connectivity index (χ4n) is 2.49. The van der Waals surface area contributed by atoms with E-state index in [1.807, 2.05) is 0 Å². The number of hydrogen-bond acceptors (Lipinski definition) is 9. The largest absolute Gasteiger partial charge is 0.488 e. The topological polar surface area (TPSA) is 205 Å². The molecule has 2 aliphatic rings. The number of alkyl halides is 1. The normalized spacial score (nSPS) is 33.8. The minimum atomic E-state index is -5.53. The van der Waals surface area contributed by atoms with Crippen molar-refractivity contribution in [2.45, 2.75) is 31.0 Å². The molecule has 19 heteroatoms. The maximum atomic E-state index is 15.0. The molecule has 2 amide bonds. The molecule has 2 heterocycles. The minimum Gasteiger partial charge on any atom is -0.387 e. The van der Waals surface area contributed by atoms with Gasteiger partial charge in [-0.2, -0.15) is 4.31 Å². The van der Waals surface area contributed by atoms with Gasteiger partial charge in [-0.25, -0.2) is 22.6 Å². The summed E-state index contributed by atoms with van der Waals surface area (Å²) >= 11 is 4.43. The molecule has 0 aromatic carbocycles. The van der Waals surface area contributed by atoms with E-state index in [9.17, 15) is 28.8 Å². The Hall–Kier alpha value is -0.570. The van der Waals surface area contributed by atoms with E-state index in [0.717, 1.165) is 11.8 Å². The Morgan fingerprint density at radius 2 is 1.97 bits per heavy atom. The molecule has 0 bridgehead atoms. The predicted molar refractivity (Wildman–Crippen MR) is 99.3 cm³/mol. The van der Waals surface area contributed by atoms with Gasteiger partial charge in [0.25, 0.3) is 0 Å². The number of allylic oxidation sites excluding steroid dienone is 1. The molecule has 1 fully saturated rings. The van der Waals surface area contributed by atoms with Gasteiger partial charge in [-0.15, -0.1) is 0 Å². The smallest absolute Gasteiger partial charge is 0.387 e. The molecule has 14 nitrogen and oxygen atoms in total. The number of carbonyl (C=O) groups is 1. The first-order valence-electron chi connectivity index (χ1n) is 7.71. The SMILES string of the molecule is C=C1C=CN([C@@H]2O[C@H](CO[P@](O)(=S)OP(=O)(O)OP(=O)(O)O)[C@@H](O)[C@@]2(C)F)C(=O)N1. The van der Waals surface area contributed by atoms with Crippen molar-refractivity contribution in [1.82, 2.24) is 10.2 Å². The van der Waals surface area contributed by atoms with Crippen LogP contribution in [0.2, 0.25) is 0 Å². The lowest BCUT2D eigenvalue weighted by Gasteiger charge is -2.33. The molecule has 2 aliphatic heterocycles. The van der Waals surface area contributed by atoms with E-state index in [1.54, 1.807) is 0 Å². The number of phosphoric acid groups is 2. The van der Waals surface area contributed by atoms with E-state index < -0.39 is 59.1 Å². The van der Waals surface area contributed by atoms with Crippen LogP contribution in [-0.2, 0) is 38.8 Å². The van der Waals surface area contributed by atoms with Crippen molar-refractivity contribution < 1.29 is 60.9 Å². The quantitative estimate of drug-likeness (QED) is 0.242. The molecule has 0 saturated carbocycles. The fourth-order valence-corrected chi connectivity index (χ4v) is 6.46. The van der Waals surface area contributed by atoms with Gasteiger partial charge >= 0.3 is 28.4 Å². The lowest BCUT2D eigenvalue weighted by Crippen LogP contribution is -2.53. The predicted octanol–water partition coefficient (Wildman–Crippen LogP) is 0.313. The van der Waals surface area contributed by atoms with Crippen LogP contribution in [-0.4, -0.2) is 66.3 Å². The number of nitrogens with zero attached hydrogens (tertiary/aromatic N) is 1. The number of hydrogen-bond donors (Lipinski definition) is 6. The number of halogens is 1. The summed E-state index contributed by atoms with van der Waals surface area (Å²) in [5, 5.41) is 12.5. The standard InChI is InChI=1S/C11H18FN2O12P3S/c1-6-3-4-14(10(16)13-6)9-11(2,12)8(15)7(24-9)5-23-29(22,30)26-28(20,21)25-27(17,18)19/h3-4,7-9,15H,1,5H2,2H3,(H,13,16)(H,20,21)(H,22,30)(H2,17,18,19)/t7-,8-,9-,11-,29+/m1/s1. The van der Waals surface area contributed by atoms with Crippen LogP contribution in [0.5, 0.6) is 0 Å². The zero-order chi connectivity index (χ0) is 23.1. The Morgan fingerprint density at radius 1 is 1.37 bits per heavy atom. The molecular weight excluding hydrogens is 496 g/mol. The van der Waals surface area contributed by atoms with Crippen LogP contribution in [0, 0.1) is 0 Å². The second-order valence-corrected chi connectivity index (χ2v) is 12.0. The molecule has 6 atom stereocenters. The van der Waals surface area contributed by atoms with Crippen LogP contribution < -0.4 is 5.32 Å². The van der Waals surface area contributed by atoms with Crippen molar-refractivity contribution in [2.75, 3.05) is 6.61 Å². The third kappa shape index (κ3) is 6.47. The van der Waals surface area contributed by atoms with Crippen LogP contribution in [0.15, 0.2) is 24.6 Å². The molecule has 172 valence electrons. The zero-order valence-corrected chi connectivity index (χ0v) is 18.5. The van der Waals surface area contributed by atoms with Crippen LogP contribution in [0.25, 0.3) is 0 Å². The summed E-state index contributed by atoms with van der Waals surface area (Å²) in [6.07, 6.45) is -2.56. The number of urea groups is 1. The number of aliphatic hydroxyl groups excluding tert-OH is 1. The lowest BCUT2D eigenvalue weighted by atomic mass is 9.98. The van der Waals surface area contributed by atoms with E-state index in [4.69, 9.17) is 19.0 Å². The van der Waals surface area contributed by atoms with Crippen molar-refractivity contribution in [1.29, 1.82) is 0 Å². The zero-order valence-electron chi connectivity index (χ0n) is 15.0. The summed E-state index contributed by atoms with van der Waals surface area (Å²) < 4.78 is 54.6. The Morgan fingerprint density at radius 3 is 2.50 bits per heavy atom. The Labute approximate surface area is 174 Å². The number of carbonyl (C=O) groups excluding carboxylic acids is 1. The number of amides is 2. The summed E-state index contributed by atoms with van der Waals surface area (Å²) in [7, 11) is -11.0. The van der Waals surface area contributed by atoms with Crippen molar-refractivity contribution in [2.24, 2.45) is 0 Å². The van der Waals surface area contributed by atoms with Gasteiger partial charge in [-0.1, -0.05) is 6.58 Å². The summed E-state index contributed by atoms with van der Waals surface area (Å²) in [6.45, 7) is -1.12. The maximum Gasteiger partial charge on any atom is 0.488 e. The van der Waals surface area contributed by atoms with Crippen molar-refractivity contribution in [3.63, 3.8) is 0 Å². The van der Waals surface area contributed by atoms with Gasteiger partial charge in [0, 0.05) is 11.9 Å². The molecule has 30 heavy (non-hydrogen) atoms. The average molecular weight is 514 g/mol. The number of nitrogens with one attached hydrogen (secondary N) is 1. The van der Waals surface area contributed by atoms with Crippen molar-refractivity contribution in [3.8, 4) is 0 Å². The number of ether oxygens (including phenoxy) is 1. The number of aliphatic hydroxyl groups is 1. The van der Waals surface area contributed by atoms with E-state index in [2.05, 4.69) is 32.3 Å². The lowest BCUT2D eigenvalue weighted by molar-refractivity contribution is -0.0706. The van der Waals surface area contributed by atoms with Crippen molar-refractivity contribution in [3.05, 3.63) is 24.6 Å². The monoisotopic (exact) mass is 514 g/mol. The second-order valence-electron chi connectivity index (χ2n) is 6.19. The molecule has 1 unspecified atom stereocenters. The third-order valence-corrected chi connectivity index (χ3v) is 8.44. The van der Waals surface area contributed by atoms with Gasteiger partial charge in [0.1, 0.15) is 12.2 Å². The van der Waals surface area contributed by atoms with Gasteiger partial charge in [-0.3, -0.25) is 4.90 Å². The molecular formula is C11H18FN2O12P3S. The Kier molecular flexibility index (Phi) is 7.50. The van der Waals surface area contributed by atoms with Gasteiger partial charge < -0.3 is 39.3 Å². The third-order valence-electron chi connectivity index (χ3n) is 3.73. The molecule has 1 saturated heterocycles. The second kappa shape index (κ2) is 8.75. The average Bonchev–Trinajstić information content (AvgIpc) is 2.73. The first-order valence-corrected chi connectivity index (χ1v) is 13.3. The Bertz CT molecular complexity index is 893. The summed E-state index contributed by atoms with van der Waals surface area (Å²) in [5.74, 6) is 0. The van der Waals surface area contributed by atoms with E-state index in [1.165, 1.54) is 12.3 Å². The maximum absolute atomic E-state index is 15.0. The first kappa shape index (κ1) is 25.7. The van der Waals surface area contributed by atoms with Gasteiger partial charge in [-0.05, 0) is 24.8 Å². The Balaban J connectivity index is 2.07. The highest BCUT2D eigenvalue weighted by molar-refractivity contribution is 8.08. The molecule has 0 aromatic heterocycles. The highest BCUT2D eigenvalue weighted by Crippen LogP contribution is 2.66. The first-order chi connectivity index (χ1) is 13.4. The molecule has 0 spiro atoms. The molecule has 2 rings (SSSR count). The minimum absolute atomic E-state index is 0.235. The van der Waals surface area contributed by atoms with Gasteiger partial charge in [0.15, 0.2) is 11.9 Å². The number of rotatable bonds is 8. The molecule has 0 aromatic rings. The van der Waals surface area contributed by atoms with Crippen LogP contribution in [0.4, 0.5) is 9.18 Å². The summed E-state index contributed by atoms with van der Waals surface area (Å²) in [5.41, 5.74) is -2.29. The summed E-state index contributed by atoms with van der Waals surface area (Å²) in [6, 6.07) is -0.795. The van der Waals surface area contributed by atoms with E-state index in [-0.39, 0.29) is 5.70 Å².